The second kappa shape index (κ2) is 5.71. The summed E-state index contributed by atoms with van der Waals surface area (Å²) in [6.07, 6.45) is 3.52. The summed E-state index contributed by atoms with van der Waals surface area (Å²) in [5.41, 5.74) is 0. The predicted molar refractivity (Wildman–Crippen MR) is 62.5 cm³/mol. The van der Waals surface area contributed by atoms with E-state index in [9.17, 15) is 4.79 Å². The lowest BCUT2D eigenvalue weighted by Crippen LogP contribution is -2.39. The van der Waals surface area contributed by atoms with Crippen molar-refractivity contribution in [2.24, 2.45) is 11.8 Å². The van der Waals surface area contributed by atoms with Crippen LogP contribution in [0.3, 0.4) is 0 Å². The van der Waals surface area contributed by atoms with Crippen LogP contribution in [0, 0.1) is 11.8 Å². The zero-order chi connectivity index (χ0) is 11.3. The summed E-state index contributed by atoms with van der Waals surface area (Å²) < 4.78 is 0. The van der Waals surface area contributed by atoms with Gasteiger partial charge in [-0.1, -0.05) is 19.1 Å². The van der Waals surface area contributed by atoms with Gasteiger partial charge in [0, 0.05) is 19.6 Å². The van der Waals surface area contributed by atoms with Crippen LogP contribution in [0.5, 0.6) is 0 Å². The monoisotopic (exact) mass is 208 g/mol. The highest BCUT2D eigenvalue weighted by atomic mass is 16.2. The molecule has 3 nitrogen and oxygen atoms in total. The minimum atomic E-state index is 0.116. The van der Waals surface area contributed by atoms with Crippen molar-refractivity contribution in [3.05, 3.63) is 25.3 Å². The van der Waals surface area contributed by atoms with Crippen molar-refractivity contribution < 1.29 is 4.79 Å². The number of nitrogens with zero attached hydrogens (tertiary/aromatic N) is 1. The average Bonchev–Trinajstić information content (AvgIpc) is 2.63. The Morgan fingerprint density at radius 1 is 1.40 bits per heavy atom. The van der Waals surface area contributed by atoms with E-state index >= 15 is 0 Å². The Bertz CT molecular complexity index is 240. The molecular weight excluding hydrogens is 188 g/mol. The third-order valence-electron chi connectivity index (χ3n) is 2.85. The molecule has 0 radical (unpaired) electrons. The van der Waals surface area contributed by atoms with Gasteiger partial charge in [0.2, 0.25) is 5.91 Å². The first-order valence-electron chi connectivity index (χ1n) is 5.42. The number of rotatable bonds is 5. The lowest BCUT2D eigenvalue weighted by molar-refractivity contribution is -0.134. The molecule has 1 aliphatic rings. The van der Waals surface area contributed by atoms with Crippen LogP contribution >= 0.6 is 0 Å². The molecular formula is C12H20N2O. The molecule has 0 aromatic carbocycles. The maximum absolute atomic E-state index is 12.1. The predicted octanol–water partition coefficient (Wildman–Crippen LogP) is 1.04. The molecule has 1 fully saturated rings. The highest BCUT2D eigenvalue weighted by Gasteiger charge is 2.31. The van der Waals surface area contributed by atoms with E-state index in [2.05, 4.69) is 25.4 Å². The summed E-state index contributed by atoms with van der Waals surface area (Å²) in [5, 5.41) is 3.24. The van der Waals surface area contributed by atoms with Crippen LogP contribution < -0.4 is 5.32 Å². The number of amides is 1. The molecule has 3 heteroatoms. The van der Waals surface area contributed by atoms with E-state index in [1.807, 2.05) is 0 Å². The van der Waals surface area contributed by atoms with Gasteiger partial charge < -0.3 is 10.2 Å². The molecule has 0 unspecified atom stereocenters. The topological polar surface area (TPSA) is 32.3 Å². The van der Waals surface area contributed by atoms with Crippen molar-refractivity contribution in [2.75, 3.05) is 26.2 Å². The van der Waals surface area contributed by atoms with Crippen molar-refractivity contribution in [2.45, 2.75) is 6.92 Å². The van der Waals surface area contributed by atoms with Gasteiger partial charge in [-0.2, -0.15) is 0 Å². The number of hydrogen-bond donors (Lipinski definition) is 1. The van der Waals surface area contributed by atoms with E-state index in [0.29, 0.717) is 19.0 Å². The highest BCUT2D eigenvalue weighted by molar-refractivity contribution is 5.80. The highest BCUT2D eigenvalue weighted by Crippen LogP contribution is 2.18. The standard InChI is InChI=1S/C12H20N2O/c1-4-6-14(7-5-2)12(15)11-9-13-8-10(11)3/h4-5,10-11,13H,1-2,6-9H2,3H3/t10-,11-/m1/s1. The Balaban J connectivity index is 2.61. The second-order valence-corrected chi connectivity index (χ2v) is 4.06. The molecule has 0 aromatic heterocycles. The largest absolute Gasteiger partial charge is 0.335 e. The van der Waals surface area contributed by atoms with Gasteiger partial charge in [0.15, 0.2) is 0 Å². The van der Waals surface area contributed by atoms with Gasteiger partial charge in [0.05, 0.1) is 5.92 Å². The SMILES string of the molecule is C=CCN(CC=C)C(=O)[C@@H]1CNC[C@H]1C. The van der Waals surface area contributed by atoms with Crippen LogP contribution in [0.4, 0.5) is 0 Å². The molecule has 1 heterocycles. The first kappa shape index (κ1) is 12.0. The molecule has 2 atom stereocenters. The minimum Gasteiger partial charge on any atom is -0.335 e. The quantitative estimate of drug-likeness (QED) is 0.685. The smallest absolute Gasteiger partial charge is 0.227 e. The van der Waals surface area contributed by atoms with Gasteiger partial charge in [-0.05, 0) is 12.5 Å². The summed E-state index contributed by atoms with van der Waals surface area (Å²) >= 11 is 0. The third kappa shape index (κ3) is 2.93. The van der Waals surface area contributed by atoms with Crippen LogP contribution in [0.15, 0.2) is 25.3 Å². The zero-order valence-corrected chi connectivity index (χ0v) is 9.41. The molecule has 1 amide bonds. The van der Waals surface area contributed by atoms with Crippen LogP contribution in [-0.2, 0) is 4.79 Å². The Morgan fingerprint density at radius 3 is 2.40 bits per heavy atom. The van der Waals surface area contributed by atoms with E-state index in [0.717, 1.165) is 13.1 Å². The van der Waals surface area contributed by atoms with Gasteiger partial charge in [0.1, 0.15) is 0 Å². The lowest BCUT2D eigenvalue weighted by atomic mass is 9.96. The molecule has 84 valence electrons. The van der Waals surface area contributed by atoms with Gasteiger partial charge in [-0.3, -0.25) is 4.79 Å². The van der Waals surface area contributed by atoms with E-state index in [1.165, 1.54) is 0 Å². The molecule has 0 aliphatic carbocycles. The number of carbonyl (C=O) groups excluding carboxylic acids is 1. The molecule has 1 N–H and O–H groups in total. The molecule has 0 aromatic rings. The van der Waals surface area contributed by atoms with Crippen molar-refractivity contribution in [1.29, 1.82) is 0 Å². The van der Waals surface area contributed by atoms with Gasteiger partial charge in [-0.25, -0.2) is 0 Å². The van der Waals surface area contributed by atoms with E-state index in [-0.39, 0.29) is 11.8 Å². The summed E-state index contributed by atoms with van der Waals surface area (Å²) in [6.45, 7) is 12.4. The average molecular weight is 208 g/mol. The first-order chi connectivity index (χ1) is 7.20. The Kier molecular flexibility index (Phi) is 4.56. The zero-order valence-electron chi connectivity index (χ0n) is 9.41. The summed E-state index contributed by atoms with van der Waals surface area (Å²) in [5.74, 6) is 0.756. The summed E-state index contributed by atoms with van der Waals surface area (Å²) in [6, 6.07) is 0. The first-order valence-corrected chi connectivity index (χ1v) is 5.42. The second-order valence-electron chi connectivity index (χ2n) is 4.06. The van der Waals surface area contributed by atoms with Crippen molar-refractivity contribution in [3.63, 3.8) is 0 Å². The van der Waals surface area contributed by atoms with Crippen LogP contribution in [0.2, 0.25) is 0 Å². The van der Waals surface area contributed by atoms with Crippen LogP contribution in [0.25, 0.3) is 0 Å². The summed E-state index contributed by atoms with van der Waals surface area (Å²) in [7, 11) is 0. The molecule has 1 aliphatic heterocycles. The molecule has 1 saturated heterocycles. The van der Waals surface area contributed by atoms with E-state index in [1.54, 1.807) is 17.1 Å². The van der Waals surface area contributed by atoms with Crippen LogP contribution in [0.1, 0.15) is 6.92 Å². The minimum absolute atomic E-state index is 0.116. The number of nitrogens with one attached hydrogen (secondary N) is 1. The fraction of sp³-hybridized carbons (Fsp3) is 0.583. The van der Waals surface area contributed by atoms with Gasteiger partial charge >= 0.3 is 0 Å². The number of hydrogen-bond acceptors (Lipinski definition) is 2. The normalized spacial score (nSPS) is 24.9. The van der Waals surface area contributed by atoms with Crippen LogP contribution in [-0.4, -0.2) is 37.0 Å². The molecule has 0 saturated carbocycles. The van der Waals surface area contributed by atoms with Crippen molar-refractivity contribution >= 4 is 5.91 Å². The lowest BCUT2D eigenvalue weighted by Gasteiger charge is -2.24. The molecule has 15 heavy (non-hydrogen) atoms. The van der Waals surface area contributed by atoms with E-state index in [4.69, 9.17) is 0 Å². The van der Waals surface area contributed by atoms with E-state index < -0.39 is 0 Å². The van der Waals surface area contributed by atoms with Crippen molar-refractivity contribution in [3.8, 4) is 0 Å². The van der Waals surface area contributed by atoms with Gasteiger partial charge in [-0.15, -0.1) is 13.2 Å². The van der Waals surface area contributed by atoms with Crippen molar-refractivity contribution in [1.82, 2.24) is 10.2 Å². The molecule has 0 bridgehead atoms. The third-order valence-corrected chi connectivity index (χ3v) is 2.85. The number of carbonyl (C=O) groups is 1. The maximum atomic E-state index is 12.1. The molecule has 0 spiro atoms. The Hall–Kier alpha value is -1.09. The van der Waals surface area contributed by atoms with Gasteiger partial charge in [0.25, 0.3) is 0 Å². The maximum Gasteiger partial charge on any atom is 0.227 e. The fourth-order valence-corrected chi connectivity index (χ4v) is 1.94. The fourth-order valence-electron chi connectivity index (χ4n) is 1.94. The Labute approximate surface area is 91.8 Å². The Morgan fingerprint density at radius 2 is 2.00 bits per heavy atom. The molecule has 1 rings (SSSR count). The summed E-state index contributed by atoms with van der Waals surface area (Å²) in [4.78, 5) is 13.9.